The maximum absolute atomic E-state index is 9.14. The molecule has 2 nitrogen and oxygen atoms in total. The van der Waals surface area contributed by atoms with Crippen LogP contribution in [0.25, 0.3) is 0 Å². The molecule has 0 radical (unpaired) electrons. The summed E-state index contributed by atoms with van der Waals surface area (Å²) < 4.78 is 1.06. The van der Waals surface area contributed by atoms with Gasteiger partial charge in [0.05, 0.1) is 12.6 Å². The number of halogens is 1. The van der Waals surface area contributed by atoms with Crippen LogP contribution >= 0.6 is 15.9 Å². The van der Waals surface area contributed by atoms with E-state index in [-0.39, 0.29) is 12.6 Å². The van der Waals surface area contributed by atoms with Gasteiger partial charge in [0, 0.05) is 10.2 Å². The molecule has 0 aliphatic rings. The van der Waals surface area contributed by atoms with Gasteiger partial charge in [-0.3, -0.25) is 0 Å². The molecule has 1 atom stereocenters. The van der Waals surface area contributed by atoms with Gasteiger partial charge in [-0.25, -0.2) is 0 Å². The fourth-order valence-corrected chi connectivity index (χ4v) is 1.45. The highest BCUT2D eigenvalue weighted by molar-refractivity contribution is 9.10. The molecule has 14 heavy (non-hydrogen) atoms. The summed E-state index contributed by atoms with van der Waals surface area (Å²) in [5.41, 5.74) is 1.04. The molecule has 0 heterocycles. The van der Waals surface area contributed by atoms with Crippen LogP contribution in [-0.2, 0) is 0 Å². The number of benzene rings is 1. The first-order valence-corrected chi connectivity index (χ1v) is 5.55. The van der Waals surface area contributed by atoms with Crippen molar-refractivity contribution in [1.82, 2.24) is 0 Å². The molecule has 0 saturated carbocycles. The van der Waals surface area contributed by atoms with Gasteiger partial charge in [0.25, 0.3) is 0 Å². The molecular formula is C11H16BrNO. The summed E-state index contributed by atoms with van der Waals surface area (Å²) in [6.07, 6.45) is 0. The molecule has 0 aliphatic heterocycles. The average Bonchev–Trinajstić information content (AvgIpc) is 2.16. The van der Waals surface area contributed by atoms with E-state index in [9.17, 15) is 0 Å². The molecule has 78 valence electrons. The second kappa shape index (κ2) is 5.37. The van der Waals surface area contributed by atoms with E-state index in [0.29, 0.717) is 5.92 Å². The number of aliphatic hydroxyl groups excluding tert-OH is 1. The SMILES string of the molecule is CC(C)C(CO)Nc1ccc(Br)cc1. The topological polar surface area (TPSA) is 32.3 Å². The Balaban J connectivity index is 2.63. The Morgan fingerprint density at radius 3 is 2.29 bits per heavy atom. The van der Waals surface area contributed by atoms with Gasteiger partial charge >= 0.3 is 0 Å². The molecule has 0 fully saturated rings. The number of anilines is 1. The van der Waals surface area contributed by atoms with E-state index in [0.717, 1.165) is 10.2 Å². The van der Waals surface area contributed by atoms with Crippen molar-refractivity contribution in [2.45, 2.75) is 19.9 Å². The summed E-state index contributed by atoms with van der Waals surface area (Å²) in [6, 6.07) is 8.08. The lowest BCUT2D eigenvalue weighted by atomic mass is 10.1. The molecule has 1 unspecified atom stereocenters. The summed E-state index contributed by atoms with van der Waals surface area (Å²) in [7, 11) is 0. The van der Waals surface area contributed by atoms with Gasteiger partial charge in [-0.2, -0.15) is 0 Å². The normalized spacial score (nSPS) is 12.9. The molecule has 1 aromatic rings. The third kappa shape index (κ3) is 3.31. The van der Waals surface area contributed by atoms with Gasteiger partial charge in [0.15, 0.2) is 0 Å². The van der Waals surface area contributed by atoms with Gasteiger partial charge in [0.1, 0.15) is 0 Å². The highest BCUT2D eigenvalue weighted by Crippen LogP contribution is 2.16. The fourth-order valence-electron chi connectivity index (χ4n) is 1.18. The maximum Gasteiger partial charge on any atom is 0.0635 e. The minimum Gasteiger partial charge on any atom is -0.394 e. The van der Waals surface area contributed by atoms with E-state index >= 15 is 0 Å². The van der Waals surface area contributed by atoms with Crippen molar-refractivity contribution in [3.63, 3.8) is 0 Å². The lowest BCUT2D eigenvalue weighted by Crippen LogP contribution is -2.29. The fraction of sp³-hybridized carbons (Fsp3) is 0.455. The monoisotopic (exact) mass is 257 g/mol. The van der Waals surface area contributed by atoms with E-state index in [4.69, 9.17) is 5.11 Å². The predicted molar refractivity (Wildman–Crippen MR) is 63.5 cm³/mol. The summed E-state index contributed by atoms with van der Waals surface area (Å²) in [5, 5.41) is 12.4. The van der Waals surface area contributed by atoms with Crippen LogP contribution in [0.3, 0.4) is 0 Å². The zero-order chi connectivity index (χ0) is 10.6. The van der Waals surface area contributed by atoms with E-state index in [1.54, 1.807) is 0 Å². The second-order valence-corrected chi connectivity index (χ2v) is 4.60. The zero-order valence-electron chi connectivity index (χ0n) is 8.50. The lowest BCUT2D eigenvalue weighted by molar-refractivity contribution is 0.249. The van der Waals surface area contributed by atoms with Crippen LogP contribution in [-0.4, -0.2) is 17.8 Å². The molecule has 0 aromatic heterocycles. The summed E-state index contributed by atoms with van der Waals surface area (Å²) in [6.45, 7) is 4.34. The van der Waals surface area contributed by atoms with E-state index in [1.165, 1.54) is 0 Å². The Morgan fingerprint density at radius 1 is 1.29 bits per heavy atom. The Labute approximate surface area is 93.5 Å². The van der Waals surface area contributed by atoms with E-state index in [1.807, 2.05) is 24.3 Å². The highest BCUT2D eigenvalue weighted by atomic mass is 79.9. The van der Waals surface area contributed by atoms with Crippen LogP contribution in [0.4, 0.5) is 5.69 Å². The molecule has 0 amide bonds. The minimum atomic E-state index is 0.121. The molecular weight excluding hydrogens is 242 g/mol. The number of nitrogens with one attached hydrogen (secondary N) is 1. The predicted octanol–water partition coefficient (Wildman–Crippen LogP) is 2.88. The second-order valence-electron chi connectivity index (χ2n) is 3.68. The molecule has 2 N–H and O–H groups in total. The third-order valence-electron chi connectivity index (χ3n) is 2.20. The first-order valence-electron chi connectivity index (χ1n) is 4.76. The van der Waals surface area contributed by atoms with Crippen LogP contribution < -0.4 is 5.32 Å². The van der Waals surface area contributed by atoms with Crippen LogP contribution in [0.2, 0.25) is 0 Å². The van der Waals surface area contributed by atoms with Crippen LogP contribution in [0.15, 0.2) is 28.7 Å². The van der Waals surface area contributed by atoms with Gasteiger partial charge in [-0.1, -0.05) is 29.8 Å². The molecule has 1 rings (SSSR count). The Hall–Kier alpha value is -0.540. The largest absolute Gasteiger partial charge is 0.394 e. The van der Waals surface area contributed by atoms with Gasteiger partial charge in [-0.15, -0.1) is 0 Å². The van der Waals surface area contributed by atoms with E-state index in [2.05, 4.69) is 35.1 Å². The maximum atomic E-state index is 9.14. The molecule has 0 spiro atoms. The molecule has 1 aromatic carbocycles. The van der Waals surface area contributed by atoms with Crippen molar-refractivity contribution < 1.29 is 5.11 Å². The molecule has 0 bridgehead atoms. The van der Waals surface area contributed by atoms with Gasteiger partial charge in [0.2, 0.25) is 0 Å². The first kappa shape index (κ1) is 11.5. The number of hydrogen-bond donors (Lipinski definition) is 2. The van der Waals surface area contributed by atoms with Crippen molar-refractivity contribution in [3.05, 3.63) is 28.7 Å². The summed E-state index contributed by atoms with van der Waals surface area (Å²) in [4.78, 5) is 0. The smallest absolute Gasteiger partial charge is 0.0635 e. The molecule has 3 heteroatoms. The van der Waals surface area contributed by atoms with Crippen molar-refractivity contribution in [2.24, 2.45) is 5.92 Å². The average molecular weight is 258 g/mol. The van der Waals surface area contributed by atoms with Crippen LogP contribution in [0, 0.1) is 5.92 Å². The Morgan fingerprint density at radius 2 is 1.86 bits per heavy atom. The lowest BCUT2D eigenvalue weighted by Gasteiger charge is -2.21. The third-order valence-corrected chi connectivity index (χ3v) is 2.73. The standard InChI is InChI=1S/C11H16BrNO/c1-8(2)11(7-14)13-10-5-3-9(12)4-6-10/h3-6,8,11,13-14H,7H2,1-2H3. The highest BCUT2D eigenvalue weighted by Gasteiger charge is 2.10. The molecule has 0 aliphatic carbocycles. The quantitative estimate of drug-likeness (QED) is 0.870. The number of hydrogen-bond acceptors (Lipinski definition) is 2. The zero-order valence-corrected chi connectivity index (χ0v) is 10.1. The van der Waals surface area contributed by atoms with Crippen LogP contribution in [0.1, 0.15) is 13.8 Å². The van der Waals surface area contributed by atoms with Crippen molar-refractivity contribution >= 4 is 21.6 Å². The number of rotatable bonds is 4. The minimum absolute atomic E-state index is 0.121. The summed E-state index contributed by atoms with van der Waals surface area (Å²) in [5.74, 6) is 0.420. The van der Waals surface area contributed by atoms with Gasteiger partial charge in [-0.05, 0) is 30.2 Å². The van der Waals surface area contributed by atoms with Crippen molar-refractivity contribution in [3.8, 4) is 0 Å². The van der Waals surface area contributed by atoms with E-state index < -0.39 is 0 Å². The van der Waals surface area contributed by atoms with Crippen LogP contribution in [0.5, 0.6) is 0 Å². The summed E-state index contributed by atoms with van der Waals surface area (Å²) >= 11 is 3.38. The van der Waals surface area contributed by atoms with Gasteiger partial charge < -0.3 is 10.4 Å². The Bertz CT molecular complexity index is 271. The molecule has 0 saturated heterocycles. The van der Waals surface area contributed by atoms with Crippen molar-refractivity contribution in [2.75, 3.05) is 11.9 Å². The number of aliphatic hydroxyl groups is 1. The van der Waals surface area contributed by atoms with Crippen molar-refractivity contribution in [1.29, 1.82) is 0 Å². The Kier molecular flexibility index (Phi) is 4.42. The first-order chi connectivity index (χ1) is 6.63.